The van der Waals surface area contributed by atoms with Crippen molar-refractivity contribution in [3.63, 3.8) is 0 Å². The molecule has 0 fully saturated rings. The maximum Gasteiger partial charge on any atom is 0.192 e. The summed E-state index contributed by atoms with van der Waals surface area (Å²) in [6.07, 6.45) is 2.45. The molecule has 4 aromatic rings. The number of ether oxygens (including phenoxy) is 1. The van der Waals surface area contributed by atoms with Gasteiger partial charge in [-0.05, 0) is 46.9 Å². The molecule has 0 N–H and O–H groups in total. The van der Waals surface area contributed by atoms with Crippen LogP contribution < -0.4 is 0 Å². The molecule has 39 heavy (non-hydrogen) atoms. The Morgan fingerprint density at radius 3 is 2.18 bits per heavy atom. The molecule has 2 heterocycles. The third kappa shape index (κ3) is 7.54. The molecular weight excluding hydrogens is 515 g/mol. The van der Waals surface area contributed by atoms with Gasteiger partial charge in [0.05, 0.1) is 18.0 Å². The summed E-state index contributed by atoms with van der Waals surface area (Å²) in [7, 11) is -2.97. The molecule has 2 aromatic carbocycles. The van der Waals surface area contributed by atoms with Gasteiger partial charge in [0.1, 0.15) is 18.7 Å². The number of aromatic nitrogens is 3. The lowest BCUT2D eigenvalue weighted by atomic mass is 10.1. The second-order valence-corrected chi connectivity index (χ2v) is 23.7. The van der Waals surface area contributed by atoms with E-state index in [-0.39, 0.29) is 5.04 Å². The number of nitrogens with zero attached hydrogens (tertiary/aromatic N) is 3. The topological polar surface area (TPSA) is 49.2 Å². The summed E-state index contributed by atoms with van der Waals surface area (Å²) < 4.78 is 14.9. The van der Waals surface area contributed by atoms with E-state index in [4.69, 9.17) is 14.1 Å². The largest absolute Gasteiger partial charge is 0.413 e. The zero-order valence-corrected chi connectivity index (χ0v) is 27.0. The highest BCUT2D eigenvalue weighted by molar-refractivity contribution is 6.76. The SMILES string of the molecule is CC(C)(C)[Si](C)(C)OCc1ccc(-c2cc3c(Cc4ccccc4)ncnc3n2COCC[Si](C)(C)C)cc1. The van der Waals surface area contributed by atoms with E-state index in [1.807, 2.05) is 6.07 Å². The molecule has 0 aliphatic heterocycles. The first-order valence-electron chi connectivity index (χ1n) is 14.0. The molecule has 0 atom stereocenters. The van der Waals surface area contributed by atoms with Crippen LogP contribution in [0.25, 0.3) is 22.3 Å². The average Bonchev–Trinajstić information content (AvgIpc) is 3.25. The first-order chi connectivity index (χ1) is 18.3. The molecule has 0 saturated heterocycles. The molecule has 7 heteroatoms. The van der Waals surface area contributed by atoms with Crippen molar-refractivity contribution in [3.05, 3.63) is 83.8 Å². The molecule has 2 aromatic heterocycles. The van der Waals surface area contributed by atoms with Gasteiger partial charge in [-0.1, -0.05) is 95.0 Å². The Bertz CT molecular complexity index is 1370. The Balaban J connectivity index is 1.64. The Morgan fingerprint density at radius 1 is 0.846 bits per heavy atom. The lowest BCUT2D eigenvalue weighted by Gasteiger charge is -2.36. The normalized spacial score (nSPS) is 12.8. The third-order valence-electron chi connectivity index (χ3n) is 7.86. The van der Waals surface area contributed by atoms with Crippen molar-refractivity contribution in [2.75, 3.05) is 6.61 Å². The summed E-state index contributed by atoms with van der Waals surface area (Å²) in [4.78, 5) is 9.41. The molecule has 0 radical (unpaired) electrons. The Morgan fingerprint density at radius 2 is 1.54 bits per heavy atom. The van der Waals surface area contributed by atoms with Gasteiger partial charge >= 0.3 is 0 Å². The third-order valence-corrected chi connectivity index (χ3v) is 14.0. The maximum atomic E-state index is 6.46. The predicted octanol–water partition coefficient (Wildman–Crippen LogP) is 8.52. The zero-order valence-electron chi connectivity index (χ0n) is 25.0. The predicted molar refractivity (Wildman–Crippen MR) is 168 cm³/mol. The maximum absolute atomic E-state index is 6.46. The fourth-order valence-electron chi connectivity index (χ4n) is 4.20. The summed E-state index contributed by atoms with van der Waals surface area (Å²) in [6, 6.07) is 22.6. The van der Waals surface area contributed by atoms with Crippen LogP contribution in [0.1, 0.15) is 37.6 Å². The smallest absolute Gasteiger partial charge is 0.192 e. The second-order valence-electron chi connectivity index (χ2n) is 13.3. The van der Waals surface area contributed by atoms with Crippen LogP contribution in [0.3, 0.4) is 0 Å². The Hall–Kier alpha value is -2.59. The molecule has 0 aliphatic rings. The van der Waals surface area contributed by atoms with Gasteiger partial charge in [-0.3, -0.25) is 0 Å². The first-order valence-corrected chi connectivity index (χ1v) is 20.6. The summed E-state index contributed by atoms with van der Waals surface area (Å²) in [5.41, 5.74) is 6.64. The van der Waals surface area contributed by atoms with Crippen molar-refractivity contribution < 1.29 is 9.16 Å². The van der Waals surface area contributed by atoms with Crippen molar-refractivity contribution in [2.24, 2.45) is 0 Å². The van der Waals surface area contributed by atoms with Crippen LogP contribution in [-0.4, -0.2) is 37.5 Å². The van der Waals surface area contributed by atoms with Crippen LogP contribution in [0.5, 0.6) is 0 Å². The number of fused-ring (bicyclic) bond motifs is 1. The molecule has 0 amide bonds. The zero-order chi connectivity index (χ0) is 28.3. The van der Waals surface area contributed by atoms with Gasteiger partial charge in [0, 0.05) is 26.5 Å². The van der Waals surface area contributed by atoms with Gasteiger partial charge in [0.15, 0.2) is 8.32 Å². The molecule has 0 unspecified atom stereocenters. The van der Waals surface area contributed by atoms with Gasteiger partial charge in [-0.15, -0.1) is 0 Å². The van der Waals surface area contributed by atoms with Crippen LogP contribution >= 0.6 is 0 Å². The van der Waals surface area contributed by atoms with E-state index in [2.05, 4.69) is 118 Å². The highest BCUT2D eigenvalue weighted by Gasteiger charge is 2.37. The van der Waals surface area contributed by atoms with Crippen molar-refractivity contribution in [3.8, 4) is 11.3 Å². The average molecular weight is 560 g/mol. The molecule has 0 spiro atoms. The fourth-order valence-corrected chi connectivity index (χ4v) is 5.92. The van der Waals surface area contributed by atoms with E-state index in [1.165, 1.54) is 11.1 Å². The second kappa shape index (κ2) is 11.9. The number of benzene rings is 2. The van der Waals surface area contributed by atoms with E-state index in [0.717, 1.165) is 47.1 Å². The lowest BCUT2D eigenvalue weighted by molar-refractivity contribution is 0.0909. The molecule has 208 valence electrons. The molecule has 0 aliphatic carbocycles. The molecule has 5 nitrogen and oxygen atoms in total. The van der Waals surface area contributed by atoms with E-state index >= 15 is 0 Å². The number of hydrogen-bond acceptors (Lipinski definition) is 4. The minimum atomic E-state index is -1.80. The van der Waals surface area contributed by atoms with E-state index in [1.54, 1.807) is 6.33 Å². The molecule has 0 bridgehead atoms. The standard InChI is InChI=1S/C32H45N3O2Si2/c1-32(2,3)39(7,8)37-22-26-14-16-27(17-15-26)30-21-28-29(20-25-12-10-9-11-13-25)33-23-34-31(28)35(30)24-36-18-19-38(4,5)6/h9-17,21,23H,18-20,22,24H2,1-8H3. The molecule has 0 saturated carbocycles. The summed E-state index contributed by atoms with van der Waals surface area (Å²) in [5, 5.41) is 1.28. The Kier molecular flexibility index (Phi) is 8.96. The molecule has 4 rings (SSSR count). The van der Waals surface area contributed by atoms with Crippen LogP contribution in [0, 0.1) is 0 Å². The van der Waals surface area contributed by atoms with Gasteiger partial charge < -0.3 is 13.7 Å². The van der Waals surface area contributed by atoms with Crippen LogP contribution in [0.4, 0.5) is 0 Å². The highest BCUT2D eigenvalue weighted by atomic mass is 28.4. The van der Waals surface area contributed by atoms with Crippen LogP contribution in [0.15, 0.2) is 67.0 Å². The minimum absolute atomic E-state index is 0.196. The van der Waals surface area contributed by atoms with Crippen molar-refractivity contribution in [1.29, 1.82) is 0 Å². The molecular formula is C32H45N3O2Si2. The minimum Gasteiger partial charge on any atom is -0.413 e. The van der Waals surface area contributed by atoms with Crippen molar-refractivity contribution >= 4 is 27.4 Å². The van der Waals surface area contributed by atoms with Crippen LogP contribution in [-0.2, 0) is 28.9 Å². The van der Waals surface area contributed by atoms with Crippen LogP contribution in [0.2, 0.25) is 43.8 Å². The quantitative estimate of drug-likeness (QED) is 0.136. The first kappa shape index (κ1) is 29.4. The highest BCUT2D eigenvalue weighted by Crippen LogP contribution is 2.37. The fraction of sp³-hybridized carbons (Fsp3) is 0.438. The van der Waals surface area contributed by atoms with Gasteiger partial charge in [-0.2, -0.15) is 0 Å². The monoisotopic (exact) mass is 559 g/mol. The van der Waals surface area contributed by atoms with E-state index in [9.17, 15) is 0 Å². The Labute approximate surface area is 236 Å². The summed E-state index contributed by atoms with van der Waals surface area (Å²) >= 11 is 0. The van der Waals surface area contributed by atoms with Crippen molar-refractivity contribution in [1.82, 2.24) is 14.5 Å². The van der Waals surface area contributed by atoms with Gasteiger partial charge in [-0.25, -0.2) is 9.97 Å². The summed E-state index contributed by atoms with van der Waals surface area (Å²) in [6.45, 7) is 20.5. The lowest BCUT2D eigenvalue weighted by Crippen LogP contribution is -2.40. The van der Waals surface area contributed by atoms with E-state index in [0.29, 0.717) is 13.3 Å². The van der Waals surface area contributed by atoms with Crippen molar-refractivity contribution in [2.45, 2.75) is 84.3 Å². The summed E-state index contributed by atoms with van der Waals surface area (Å²) in [5.74, 6) is 0. The number of rotatable bonds is 11. The van der Waals surface area contributed by atoms with Gasteiger partial charge in [0.2, 0.25) is 0 Å². The van der Waals surface area contributed by atoms with Gasteiger partial charge in [0.25, 0.3) is 0 Å². The van der Waals surface area contributed by atoms with E-state index < -0.39 is 16.4 Å². The number of hydrogen-bond donors (Lipinski definition) is 0.